The van der Waals surface area contributed by atoms with E-state index in [4.69, 9.17) is 4.74 Å². The summed E-state index contributed by atoms with van der Waals surface area (Å²) >= 11 is 2.17. The Morgan fingerprint density at radius 3 is 2.53 bits per heavy atom. The molecule has 2 nitrogen and oxygen atoms in total. The Morgan fingerprint density at radius 1 is 1.12 bits per heavy atom. The average molecular weight is 257 g/mol. The van der Waals surface area contributed by atoms with Gasteiger partial charge in [0, 0.05) is 36.3 Å². The highest BCUT2D eigenvalue weighted by Gasteiger charge is 2.18. The molecule has 0 spiro atoms. The SMILES string of the molecule is CC(CNC1CCCCC1)SC1CCOCC1. The summed E-state index contributed by atoms with van der Waals surface area (Å²) in [6.07, 6.45) is 9.60. The predicted molar refractivity (Wildman–Crippen MR) is 75.8 cm³/mol. The van der Waals surface area contributed by atoms with Crippen LogP contribution in [0.3, 0.4) is 0 Å². The Kier molecular flexibility index (Phi) is 6.16. The van der Waals surface area contributed by atoms with E-state index in [-0.39, 0.29) is 0 Å². The number of hydrogen-bond acceptors (Lipinski definition) is 3. The van der Waals surface area contributed by atoms with E-state index in [0.717, 1.165) is 29.8 Å². The lowest BCUT2D eigenvalue weighted by atomic mass is 9.95. The number of thioether (sulfide) groups is 1. The molecule has 17 heavy (non-hydrogen) atoms. The van der Waals surface area contributed by atoms with Crippen LogP contribution < -0.4 is 5.32 Å². The Morgan fingerprint density at radius 2 is 1.82 bits per heavy atom. The van der Waals surface area contributed by atoms with Crippen LogP contribution in [0.4, 0.5) is 0 Å². The van der Waals surface area contributed by atoms with E-state index in [9.17, 15) is 0 Å². The Bertz CT molecular complexity index is 200. The minimum absolute atomic E-state index is 0.750. The minimum atomic E-state index is 0.750. The lowest BCUT2D eigenvalue weighted by Crippen LogP contribution is -2.35. The van der Waals surface area contributed by atoms with E-state index in [1.165, 1.54) is 51.5 Å². The van der Waals surface area contributed by atoms with E-state index in [1.54, 1.807) is 0 Å². The Labute approximate surface area is 110 Å². The van der Waals surface area contributed by atoms with Crippen molar-refractivity contribution in [1.82, 2.24) is 5.32 Å². The molecule has 1 unspecified atom stereocenters. The molecule has 100 valence electrons. The molecule has 1 saturated carbocycles. The number of hydrogen-bond donors (Lipinski definition) is 1. The van der Waals surface area contributed by atoms with Crippen LogP contribution in [0.5, 0.6) is 0 Å². The zero-order chi connectivity index (χ0) is 11.9. The summed E-state index contributed by atoms with van der Waals surface area (Å²) in [5.41, 5.74) is 0. The number of nitrogens with one attached hydrogen (secondary N) is 1. The van der Waals surface area contributed by atoms with Crippen molar-refractivity contribution in [3.8, 4) is 0 Å². The average Bonchev–Trinajstić information content (AvgIpc) is 2.39. The zero-order valence-corrected chi connectivity index (χ0v) is 11.9. The molecule has 2 aliphatic rings. The summed E-state index contributed by atoms with van der Waals surface area (Å²) in [5.74, 6) is 0. The largest absolute Gasteiger partial charge is 0.381 e. The second-order valence-corrected chi connectivity index (χ2v) is 7.25. The van der Waals surface area contributed by atoms with Crippen LogP contribution in [0.2, 0.25) is 0 Å². The predicted octanol–water partition coefficient (Wildman–Crippen LogP) is 3.21. The van der Waals surface area contributed by atoms with E-state index >= 15 is 0 Å². The highest BCUT2D eigenvalue weighted by molar-refractivity contribution is 8.00. The summed E-state index contributed by atoms with van der Waals surface area (Å²) in [6, 6.07) is 0.807. The van der Waals surface area contributed by atoms with Gasteiger partial charge in [0.1, 0.15) is 0 Å². The quantitative estimate of drug-likeness (QED) is 0.817. The van der Waals surface area contributed by atoms with Crippen LogP contribution in [0.25, 0.3) is 0 Å². The fourth-order valence-electron chi connectivity index (χ4n) is 2.83. The summed E-state index contributed by atoms with van der Waals surface area (Å²) < 4.78 is 5.41. The number of ether oxygens (including phenoxy) is 1. The molecule has 0 radical (unpaired) electrons. The highest BCUT2D eigenvalue weighted by atomic mass is 32.2. The first kappa shape index (κ1) is 13.7. The topological polar surface area (TPSA) is 21.3 Å². The van der Waals surface area contributed by atoms with Gasteiger partial charge in [-0.1, -0.05) is 26.2 Å². The molecule has 3 heteroatoms. The van der Waals surface area contributed by atoms with Crippen molar-refractivity contribution in [3.63, 3.8) is 0 Å². The highest BCUT2D eigenvalue weighted by Crippen LogP contribution is 2.26. The van der Waals surface area contributed by atoms with Gasteiger partial charge in [-0.05, 0) is 25.7 Å². The Balaban J connectivity index is 1.57. The molecule has 1 saturated heterocycles. The standard InChI is InChI=1S/C14H27NOS/c1-12(17-14-7-9-16-10-8-14)11-15-13-5-3-2-4-6-13/h12-15H,2-11H2,1H3. The van der Waals surface area contributed by atoms with Crippen LogP contribution in [-0.2, 0) is 4.74 Å². The van der Waals surface area contributed by atoms with Crippen molar-refractivity contribution in [2.75, 3.05) is 19.8 Å². The van der Waals surface area contributed by atoms with Gasteiger partial charge in [0.25, 0.3) is 0 Å². The molecular weight excluding hydrogens is 230 g/mol. The normalized spacial score (nSPS) is 25.9. The van der Waals surface area contributed by atoms with Gasteiger partial charge in [-0.3, -0.25) is 0 Å². The third-order valence-electron chi connectivity index (χ3n) is 3.89. The molecule has 1 aliphatic carbocycles. The molecule has 2 fully saturated rings. The molecule has 1 N–H and O–H groups in total. The molecule has 1 aliphatic heterocycles. The van der Waals surface area contributed by atoms with E-state index < -0.39 is 0 Å². The lowest BCUT2D eigenvalue weighted by molar-refractivity contribution is 0.0999. The van der Waals surface area contributed by atoms with Crippen molar-refractivity contribution < 1.29 is 4.74 Å². The van der Waals surface area contributed by atoms with Crippen LogP contribution in [0, 0.1) is 0 Å². The van der Waals surface area contributed by atoms with Crippen LogP contribution in [0.15, 0.2) is 0 Å². The van der Waals surface area contributed by atoms with E-state index in [0.29, 0.717) is 0 Å². The van der Waals surface area contributed by atoms with Gasteiger partial charge in [-0.25, -0.2) is 0 Å². The van der Waals surface area contributed by atoms with E-state index in [1.807, 2.05) is 0 Å². The fraction of sp³-hybridized carbons (Fsp3) is 1.00. The first-order valence-corrected chi connectivity index (χ1v) is 8.25. The second kappa shape index (κ2) is 7.65. The van der Waals surface area contributed by atoms with Crippen molar-refractivity contribution in [3.05, 3.63) is 0 Å². The van der Waals surface area contributed by atoms with Crippen LogP contribution >= 0.6 is 11.8 Å². The van der Waals surface area contributed by atoms with Crippen molar-refractivity contribution in [2.45, 2.75) is 68.4 Å². The molecule has 1 atom stereocenters. The van der Waals surface area contributed by atoms with Crippen molar-refractivity contribution >= 4 is 11.8 Å². The molecule has 0 amide bonds. The smallest absolute Gasteiger partial charge is 0.0476 e. The summed E-state index contributed by atoms with van der Waals surface area (Å²) in [4.78, 5) is 0. The molecule has 0 aromatic rings. The molecule has 2 rings (SSSR count). The van der Waals surface area contributed by atoms with Crippen molar-refractivity contribution in [2.24, 2.45) is 0 Å². The zero-order valence-electron chi connectivity index (χ0n) is 11.1. The van der Waals surface area contributed by atoms with Gasteiger partial charge in [0.2, 0.25) is 0 Å². The van der Waals surface area contributed by atoms with Gasteiger partial charge >= 0.3 is 0 Å². The third-order valence-corrected chi connectivity index (χ3v) is 5.38. The summed E-state index contributed by atoms with van der Waals surface area (Å²) in [5, 5.41) is 5.35. The van der Waals surface area contributed by atoms with Gasteiger partial charge in [-0.15, -0.1) is 0 Å². The van der Waals surface area contributed by atoms with Crippen molar-refractivity contribution in [1.29, 1.82) is 0 Å². The maximum absolute atomic E-state index is 5.41. The van der Waals surface area contributed by atoms with E-state index in [2.05, 4.69) is 24.0 Å². The Hall–Kier alpha value is 0.270. The maximum Gasteiger partial charge on any atom is 0.0476 e. The monoisotopic (exact) mass is 257 g/mol. The first-order valence-electron chi connectivity index (χ1n) is 7.31. The fourth-order valence-corrected chi connectivity index (χ4v) is 4.14. The summed E-state index contributed by atoms with van der Waals surface area (Å²) in [6.45, 7) is 5.50. The minimum Gasteiger partial charge on any atom is -0.381 e. The molecular formula is C14H27NOS. The molecule has 0 aromatic carbocycles. The van der Waals surface area contributed by atoms with Crippen LogP contribution in [0.1, 0.15) is 51.9 Å². The first-order chi connectivity index (χ1) is 8.34. The van der Waals surface area contributed by atoms with Gasteiger partial charge in [0.05, 0.1) is 0 Å². The molecule has 0 bridgehead atoms. The molecule has 1 heterocycles. The second-order valence-electron chi connectivity index (χ2n) is 5.50. The molecule has 0 aromatic heterocycles. The number of rotatable bonds is 5. The van der Waals surface area contributed by atoms with Gasteiger partial charge < -0.3 is 10.1 Å². The third kappa shape index (κ3) is 5.19. The van der Waals surface area contributed by atoms with Gasteiger partial charge in [0.15, 0.2) is 0 Å². The maximum atomic E-state index is 5.41. The lowest BCUT2D eigenvalue weighted by Gasteiger charge is -2.27. The van der Waals surface area contributed by atoms with Gasteiger partial charge in [-0.2, -0.15) is 11.8 Å². The summed E-state index contributed by atoms with van der Waals surface area (Å²) in [7, 11) is 0. The van der Waals surface area contributed by atoms with Crippen LogP contribution in [-0.4, -0.2) is 36.3 Å².